The summed E-state index contributed by atoms with van der Waals surface area (Å²) in [7, 11) is 0. The molecule has 2 aromatic rings. The Morgan fingerprint density at radius 1 is 1.30 bits per heavy atom. The Morgan fingerprint density at radius 2 is 2.07 bits per heavy atom. The SMILES string of the molecule is C#CCOc1cccc(C=C2N=C(c3ccc(NC(C)=O)cc3)OC2=O)c1. The van der Waals surface area contributed by atoms with Gasteiger partial charge < -0.3 is 14.8 Å². The van der Waals surface area contributed by atoms with Crippen LogP contribution in [-0.2, 0) is 14.3 Å². The molecule has 2 aromatic carbocycles. The van der Waals surface area contributed by atoms with E-state index in [2.05, 4.69) is 16.2 Å². The molecule has 0 saturated carbocycles. The number of hydrogen-bond donors (Lipinski definition) is 1. The maximum absolute atomic E-state index is 12.1. The highest BCUT2D eigenvalue weighted by Gasteiger charge is 2.24. The van der Waals surface area contributed by atoms with Crippen LogP contribution in [0, 0.1) is 12.3 Å². The molecule has 1 N–H and O–H groups in total. The molecule has 0 fully saturated rings. The van der Waals surface area contributed by atoms with Crippen molar-refractivity contribution in [2.75, 3.05) is 11.9 Å². The molecule has 0 spiro atoms. The first kappa shape index (κ1) is 18.0. The highest BCUT2D eigenvalue weighted by Crippen LogP contribution is 2.22. The lowest BCUT2D eigenvalue weighted by Gasteiger charge is -2.03. The van der Waals surface area contributed by atoms with Crippen LogP contribution in [0.4, 0.5) is 5.69 Å². The van der Waals surface area contributed by atoms with Gasteiger partial charge >= 0.3 is 5.97 Å². The molecule has 6 heteroatoms. The van der Waals surface area contributed by atoms with Gasteiger partial charge in [-0.15, -0.1) is 6.42 Å². The van der Waals surface area contributed by atoms with Gasteiger partial charge in [0.05, 0.1) is 0 Å². The topological polar surface area (TPSA) is 77.0 Å². The van der Waals surface area contributed by atoms with Gasteiger partial charge in [-0.05, 0) is 48.0 Å². The van der Waals surface area contributed by atoms with E-state index in [-0.39, 0.29) is 24.1 Å². The number of ether oxygens (including phenoxy) is 2. The Labute approximate surface area is 156 Å². The molecular weight excluding hydrogens is 344 g/mol. The average Bonchev–Trinajstić information content (AvgIpc) is 3.01. The van der Waals surface area contributed by atoms with Gasteiger partial charge in [0.2, 0.25) is 11.8 Å². The van der Waals surface area contributed by atoms with Crippen molar-refractivity contribution in [3.8, 4) is 18.1 Å². The van der Waals surface area contributed by atoms with E-state index in [9.17, 15) is 9.59 Å². The molecule has 0 unspecified atom stereocenters. The predicted octanol–water partition coefficient (Wildman–Crippen LogP) is 3.00. The van der Waals surface area contributed by atoms with E-state index in [1.807, 2.05) is 6.07 Å². The number of rotatable bonds is 5. The van der Waals surface area contributed by atoms with Crippen LogP contribution in [0.2, 0.25) is 0 Å². The Kier molecular flexibility index (Phi) is 5.33. The summed E-state index contributed by atoms with van der Waals surface area (Å²) in [6.07, 6.45) is 6.80. The van der Waals surface area contributed by atoms with Crippen LogP contribution >= 0.6 is 0 Å². The second-order valence-electron chi connectivity index (χ2n) is 5.66. The molecule has 27 heavy (non-hydrogen) atoms. The number of nitrogens with zero attached hydrogens (tertiary/aromatic N) is 1. The predicted molar refractivity (Wildman–Crippen MR) is 102 cm³/mol. The number of nitrogens with one attached hydrogen (secondary N) is 1. The first-order valence-corrected chi connectivity index (χ1v) is 8.12. The molecule has 1 heterocycles. The molecule has 1 aliphatic heterocycles. The summed E-state index contributed by atoms with van der Waals surface area (Å²) >= 11 is 0. The van der Waals surface area contributed by atoms with Crippen molar-refractivity contribution in [1.82, 2.24) is 0 Å². The number of carbonyl (C=O) groups excluding carboxylic acids is 2. The number of aliphatic imine (C=N–C) groups is 1. The third-order valence-electron chi connectivity index (χ3n) is 3.56. The smallest absolute Gasteiger partial charge is 0.363 e. The van der Waals surface area contributed by atoms with Gasteiger partial charge in [-0.1, -0.05) is 18.1 Å². The second-order valence-corrected chi connectivity index (χ2v) is 5.66. The minimum atomic E-state index is -0.536. The molecule has 0 aromatic heterocycles. The van der Waals surface area contributed by atoms with Crippen molar-refractivity contribution in [1.29, 1.82) is 0 Å². The summed E-state index contributed by atoms with van der Waals surface area (Å²) in [5, 5.41) is 2.67. The zero-order chi connectivity index (χ0) is 19.2. The quantitative estimate of drug-likeness (QED) is 0.505. The summed E-state index contributed by atoms with van der Waals surface area (Å²) in [6, 6.07) is 14.0. The van der Waals surface area contributed by atoms with Crippen LogP contribution < -0.4 is 10.1 Å². The highest BCUT2D eigenvalue weighted by molar-refractivity contribution is 6.13. The Bertz CT molecular complexity index is 982. The van der Waals surface area contributed by atoms with E-state index < -0.39 is 5.97 Å². The van der Waals surface area contributed by atoms with Crippen molar-refractivity contribution in [3.63, 3.8) is 0 Å². The lowest BCUT2D eigenvalue weighted by molar-refractivity contribution is -0.129. The minimum absolute atomic E-state index is 0.161. The summed E-state index contributed by atoms with van der Waals surface area (Å²) < 4.78 is 10.6. The van der Waals surface area contributed by atoms with Crippen molar-refractivity contribution in [2.24, 2.45) is 4.99 Å². The number of amides is 1. The number of hydrogen-bond acceptors (Lipinski definition) is 5. The summed E-state index contributed by atoms with van der Waals surface area (Å²) in [5.41, 5.74) is 2.20. The van der Waals surface area contributed by atoms with Gasteiger partial charge in [0.15, 0.2) is 5.70 Å². The van der Waals surface area contributed by atoms with Crippen LogP contribution in [0.1, 0.15) is 18.1 Å². The fraction of sp³-hybridized carbons (Fsp3) is 0.0952. The van der Waals surface area contributed by atoms with Gasteiger partial charge in [-0.3, -0.25) is 4.79 Å². The zero-order valence-corrected chi connectivity index (χ0v) is 14.6. The molecule has 0 aliphatic carbocycles. The molecule has 1 amide bonds. The normalized spacial score (nSPS) is 14.3. The van der Waals surface area contributed by atoms with Gasteiger partial charge in [-0.25, -0.2) is 9.79 Å². The molecule has 0 atom stereocenters. The van der Waals surface area contributed by atoms with E-state index >= 15 is 0 Å². The molecule has 0 radical (unpaired) electrons. The van der Waals surface area contributed by atoms with Crippen molar-refractivity contribution < 1.29 is 19.1 Å². The van der Waals surface area contributed by atoms with Crippen LogP contribution in [0.5, 0.6) is 5.75 Å². The Hall–Kier alpha value is -3.85. The zero-order valence-electron chi connectivity index (χ0n) is 14.6. The standard InChI is InChI=1S/C21H16N2O4/c1-3-11-26-18-6-4-5-15(12-18)13-19-21(25)27-20(23-19)16-7-9-17(10-8-16)22-14(2)24/h1,4-10,12-13H,11H2,2H3,(H,22,24). The van der Waals surface area contributed by atoms with Gasteiger partial charge in [-0.2, -0.15) is 0 Å². The molecule has 3 rings (SSSR count). The molecule has 6 nitrogen and oxygen atoms in total. The third-order valence-corrected chi connectivity index (χ3v) is 3.56. The molecule has 0 saturated heterocycles. The largest absolute Gasteiger partial charge is 0.481 e. The number of esters is 1. The first-order valence-electron chi connectivity index (χ1n) is 8.12. The van der Waals surface area contributed by atoms with Gasteiger partial charge in [0.1, 0.15) is 12.4 Å². The summed E-state index contributed by atoms with van der Waals surface area (Å²) in [4.78, 5) is 27.4. The molecule has 1 aliphatic rings. The first-order chi connectivity index (χ1) is 13.0. The van der Waals surface area contributed by atoms with Crippen LogP contribution in [-0.4, -0.2) is 24.4 Å². The van der Waals surface area contributed by atoms with Crippen LogP contribution in [0.15, 0.2) is 59.2 Å². The molecular formula is C21H16N2O4. The molecule has 134 valence electrons. The van der Waals surface area contributed by atoms with E-state index in [0.717, 1.165) is 5.56 Å². The van der Waals surface area contributed by atoms with Gasteiger partial charge in [0.25, 0.3) is 0 Å². The number of benzene rings is 2. The van der Waals surface area contributed by atoms with E-state index in [1.54, 1.807) is 48.5 Å². The Morgan fingerprint density at radius 3 is 2.78 bits per heavy atom. The van der Waals surface area contributed by atoms with E-state index in [1.165, 1.54) is 6.92 Å². The fourth-order valence-corrected chi connectivity index (χ4v) is 2.41. The summed E-state index contributed by atoms with van der Waals surface area (Å²) in [5.74, 6) is 2.51. The second kappa shape index (κ2) is 8.02. The highest BCUT2D eigenvalue weighted by atomic mass is 16.6. The maximum Gasteiger partial charge on any atom is 0.363 e. The maximum atomic E-state index is 12.1. The minimum Gasteiger partial charge on any atom is -0.481 e. The number of terminal acetylenes is 1. The molecule has 0 bridgehead atoms. The third kappa shape index (κ3) is 4.61. The number of cyclic esters (lactones) is 1. The van der Waals surface area contributed by atoms with Crippen molar-refractivity contribution in [3.05, 3.63) is 65.4 Å². The van der Waals surface area contributed by atoms with E-state index in [0.29, 0.717) is 17.0 Å². The van der Waals surface area contributed by atoms with E-state index in [4.69, 9.17) is 15.9 Å². The lowest BCUT2D eigenvalue weighted by atomic mass is 10.2. The number of carbonyl (C=O) groups is 2. The van der Waals surface area contributed by atoms with Gasteiger partial charge in [0, 0.05) is 18.2 Å². The monoisotopic (exact) mass is 360 g/mol. The Balaban J connectivity index is 1.80. The van der Waals surface area contributed by atoms with Crippen LogP contribution in [0.25, 0.3) is 6.08 Å². The average molecular weight is 360 g/mol. The van der Waals surface area contributed by atoms with Crippen molar-refractivity contribution >= 4 is 29.5 Å². The lowest BCUT2D eigenvalue weighted by Crippen LogP contribution is -2.07. The fourth-order valence-electron chi connectivity index (χ4n) is 2.41. The van der Waals surface area contributed by atoms with Crippen molar-refractivity contribution in [2.45, 2.75) is 6.92 Å². The van der Waals surface area contributed by atoms with Crippen LogP contribution in [0.3, 0.4) is 0 Å². The summed E-state index contributed by atoms with van der Waals surface area (Å²) in [6.45, 7) is 1.60. The number of anilines is 1.